The average molecular weight is 415 g/mol. The van der Waals surface area contributed by atoms with Gasteiger partial charge in [-0.2, -0.15) is 0 Å². The van der Waals surface area contributed by atoms with Crippen LogP contribution in [0.25, 0.3) is 0 Å². The number of fused-ring (bicyclic) bond motifs is 4. The number of amides is 2. The van der Waals surface area contributed by atoms with Crippen LogP contribution in [0.5, 0.6) is 5.75 Å². The molecule has 2 amide bonds. The first-order chi connectivity index (χ1) is 14.3. The van der Waals surface area contributed by atoms with E-state index in [1.54, 1.807) is 0 Å². The molecule has 2 aliphatic rings. The number of nitrogens with zero attached hydrogens (tertiary/aromatic N) is 2. The number of hydrogen-bond acceptors (Lipinski definition) is 4. The summed E-state index contributed by atoms with van der Waals surface area (Å²) in [4.78, 5) is 39.4. The van der Waals surface area contributed by atoms with Crippen molar-refractivity contribution in [2.45, 2.75) is 25.9 Å². The summed E-state index contributed by atoms with van der Waals surface area (Å²) >= 11 is 0. The quantitative estimate of drug-likeness (QED) is 0.751. The largest absolute Gasteiger partial charge is 0.503 e. The Bertz CT molecular complexity index is 1160. The van der Waals surface area contributed by atoms with Gasteiger partial charge in [-0.25, -0.2) is 8.78 Å². The van der Waals surface area contributed by atoms with Gasteiger partial charge in [0.1, 0.15) is 17.2 Å². The number of halogens is 2. The van der Waals surface area contributed by atoms with Gasteiger partial charge in [0.05, 0.1) is 6.04 Å². The van der Waals surface area contributed by atoms with Crippen LogP contribution in [0.2, 0.25) is 0 Å². The zero-order chi connectivity index (χ0) is 21.6. The van der Waals surface area contributed by atoms with E-state index in [1.165, 1.54) is 28.7 Å². The van der Waals surface area contributed by atoms with Crippen molar-refractivity contribution in [3.05, 3.63) is 74.7 Å². The van der Waals surface area contributed by atoms with Crippen LogP contribution >= 0.6 is 0 Å². The van der Waals surface area contributed by atoms with Gasteiger partial charge >= 0.3 is 0 Å². The summed E-state index contributed by atoms with van der Waals surface area (Å²) in [5, 5.41) is 12.8. The highest BCUT2D eigenvalue weighted by molar-refractivity contribution is 5.99. The number of aromatic nitrogens is 1. The van der Waals surface area contributed by atoms with Crippen LogP contribution in [0.15, 0.2) is 35.3 Å². The Hall–Kier alpha value is -3.49. The molecule has 2 bridgehead atoms. The molecule has 2 aromatic rings. The molecule has 1 atom stereocenters. The van der Waals surface area contributed by atoms with Crippen LogP contribution in [0.1, 0.15) is 44.4 Å². The Morgan fingerprint density at radius 2 is 2.03 bits per heavy atom. The van der Waals surface area contributed by atoms with Gasteiger partial charge in [-0.05, 0) is 19.4 Å². The average Bonchev–Trinajstić information content (AvgIpc) is 2.95. The van der Waals surface area contributed by atoms with Gasteiger partial charge in [-0.1, -0.05) is 18.2 Å². The Balaban J connectivity index is 1.66. The molecule has 0 fully saturated rings. The lowest BCUT2D eigenvalue weighted by molar-refractivity contribution is 0.0688. The molecule has 156 valence electrons. The van der Waals surface area contributed by atoms with Gasteiger partial charge in [0.15, 0.2) is 11.4 Å². The number of rotatable bonds is 3. The van der Waals surface area contributed by atoms with E-state index in [-0.39, 0.29) is 35.0 Å². The van der Waals surface area contributed by atoms with Gasteiger partial charge in [-0.3, -0.25) is 14.4 Å². The van der Waals surface area contributed by atoms with Crippen LogP contribution in [0.4, 0.5) is 8.78 Å². The molecule has 2 N–H and O–H groups in total. The van der Waals surface area contributed by atoms with Crippen molar-refractivity contribution >= 4 is 11.8 Å². The van der Waals surface area contributed by atoms with E-state index in [0.29, 0.717) is 19.5 Å². The molecule has 7 nitrogen and oxygen atoms in total. The van der Waals surface area contributed by atoms with E-state index < -0.39 is 34.6 Å². The molecular weight excluding hydrogens is 396 g/mol. The van der Waals surface area contributed by atoms with Crippen molar-refractivity contribution in [3.8, 4) is 5.75 Å². The second kappa shape index (κ2) is 7.40. The fourth-order valence-electron chi connectivity index (χ4n) is 3.78. The van der Waals surface area contributed by atoms with Crippen LogP contribution in [-0.2, 0) is 6.54 Å². The first-order valence-electron chi connectivity index (χ1n) is 9.43. The topological polar surface area (TPSA) is 91.6 Å². The van der Waals surface area contributed by atoms with Gasteiger partial charge in [0, 0.05) is 37.0 Å². The highest BCUT2D eigenvalue weighted by atomic mass is 19.1. The third-order valence-electron chi connectivity index (χ3n) is 5.51. The molecule has 0 saturated heterocycles. The summed E-state index contributed by atoms with van der Waals surface area (Å²) in [5.41, 5.74) is -1.58. The normalized spacial score (nSPS) is 17.5. The lowest BCUT2D eigenvalue weighted by Crippen LogP contribution is -2.44. The summed E-state index contributed by atoms with van der Waals surface area (Å²) in [6.07, 6.45) is 5.58. The highest BCUT2D eigenvalue weighted by Crippen LogP contribution is 2.30. The van der Waals surface area contributed by atoms with E-state index in [2.05, 4.69) is 5.32 Å². The maximum atomic E-state index is 14.2. The zero-order valence-corrected chi connectivity index (χ0v) is 16.1. The van der Waals surface area contributed by atoms with Crippen LogP contribution in [0, 0.1) is 18.6 Å². The number of benzene rings is 1. The fraction of sp³-hybridized carbons (Fsp3) is 0.286. The molecular formula is C21H19F2N3O4. The molecule has 0 spiro atoms. The first-order valence-corrected chi connectivity index (χ1v) is 9.43. The number of hydrogen-bond donors (Lipinski definition) is 2. The van der Waals surface area contributed by atoms with E-state index in [0.717, 1.165) is 6.07 Å². The molecule has 30 heavy (non-hydrogen) atoms. The third kappa shape index (κ3) is 3.16. The minimum atomic E-state index is -0.976. The molecule has 0 radical (unpaired) electrons. The number of carbonyl (C=O) groups is 2. The molecule has 4 rings (SSSR count). The summed E-state index contributed by atoms with van der Waals surface area (Å²) in [6.45, 7) is 1.79. The number of aromatic hydroxyl groups is 1. The number of carbonyl (C=O) groups excluding carboxylic acids is 2. The van der Waals surface area contributed by atoms with Gasteiger partial charge in [0.2, 0.25) is 5.43 Å². The van der Waals surface area contributed by atoms with E-state index >= 15 is 0 Å². The monoisotopic (exact) mass is 415 g/mol. The maximum Gasteiger partial charge on any atom is 0.274 e. The smallest absolute Gasteiger partial charge is 0.274 e. The standard InChI is InChI=1S/C21H19F2N3O4/c1-11-15(22)6-5-12(16(11)23)8-24-20(29)14-10-26-13-4-2-3-7-25(9-13)21(30)17(26)19(28)18(14)27/h2-3,5-6,10,13,28H,4,7-9H2,1H3,(H,24,29). The molecule has 2 aliphatic heterocycles. The summed E-state index contributed by atoms with van der Waals surface area (Å²) in [5.74, 6) is -3.57. The van der Waals surface area contributed by atoms with Gasteiger partial charge in [0.25, 0.3) is 11.8 Å². The molecule has 1 aromatic heterocycles. The lowest BCUT2D eigenvalue weighted by Gasteiger charge is -2.34. The van der Waals surface area contributed by atoms with E-state index in [9.17, 15) is 28.3 Å². The van der Waals surface area contributed by atoms with Crippen molar-refractivity contribution in [3.63, 3.8) is 0 Å². The lowest BCUT2D eigenvalue weighted by atomic mass is 10.1. The number of allylic oxidation sites excluding steroid dienone is 1. The zero-order valence-electron chi connectivity index (χ0n) is 16.1. The van der Waals surface area contributed by atoms with Crippen molar-refractivity contribution in [2.75, 3.05) is 13.1 Å². The summed E-state index contributed by atoms with van der Waals surface area (Å²) in [6, 6.07) is 2.07. The van der Waals surface area contributed by atoms with Crippen LogP contribution < -0.4 is 10.7 Å². The van der Waals surface area contributed by atoms with E-state index in [4.69, 9.17) is 0 Å². The van der Waals surface area contributed by atoms with Crippen LogP contribution in [-0.4, -0.2) is 39.5 Å². The predicted molar refractivity (Wildman–Crippen MR) is 103 cm³/mol. The molecule has 9 heteroatoms. The fourth-order valence-corrected chi connectivity index (χ4v) is 3.78. The summed E-state index contributed by atoms with van der Waals surface area (Å²) in [7, 11) is 0. The minimum absolute atomic E-state index is 0.0595. The highest BCUT2D eigenvalue weighted by Gasteiger charge is 2.35. The van der Waals surface area contributed by atoms with E-state index in [1.807, 2.05) is 12.2 Å². The molecule has 0 saturated carbocycles. The second-order valence-corrected chi connectivity index (χ2v) is 7.38. The SMILES string of the molecule is Cc1c(F)ccc(CNC(=O)c2cn3c(c(O)c2=O)C(=O)N2CC=CCC3C2)c1F. The van der Waals surface area contributed by atoms with Crippen molar-refractivity contribution in [2.24, 2.45) is 0 Å². The number of nitrogens with one attached hydrogen (secondary N) is 1. The maximum absolute atomic E-state index is 14.2. The van der Waals surface area contributed by atoms with Crippen molar-refractivity contribution in [1.82, 2.24) is 14.8 Å². The predicted octanol–water partition coefficient (Wildman–Crippen LogP) is 2.03. The Morgan fingerprint density at radius 1 is 1.27 bits per heavy atom. The minimum Gasteiger partial charge on any atom is -0.503 e. The molecule has 1 aromatic carbocycles. The van der Waals surface area contributed by atoms with Crippen molar-refractivity contribution in [1.29, 1.82) is 0 Å². The molecule has 1 unspecified atom stereocenters. The third-order valence-corrected chi connectivity index (χ3v) is 5.51. The van der Waals surface area contributed by atoms with Gasteiger partial charge in [-0.15, -0.1) is 0 Å². The summed E-state index contributed by atoms with van der Waals surface area (Å²) < 4.78 is 29.0. The van der Waals surface area contributed by atoms with Crippen LogP contribution in [0.3, 0.4) is 0 Å². The van der Waals surface area contributed by atoms with Crippen molar-refractivity contribution < 1.29 is 23.5 Å². The molecule has 0 aliphatic carbocycles. The number of pyridine rings is 1. The van der Waals surface area contributed by atoms with Gasteiger partial charge < -0.3 is 19.9 Å². The molecule has 3 heterocycles. The first kappa shape index (κ1) is 19.8. The Labute approximate surface area is 170 Å². The second-order valence-electron chi connectivity index (χ2n) is 7.38. The Kier molecular flexibility index (Phi) is 4.89. The Morgan fingerprint density at radius 3 is 2.80 bits per heavy atom.